The van der Waals surface area contributed by atoms with Gasteiger partial charge in [-0.2, -0.15) is 0 Å². The number of amides is 1. The molecule has 0 unspecified atom stereocenters. The Morgan fingerprint density at radius 1 is 1.19 bits per heavy atom. The number of rotatable bonds is 6. The molecular weight excluding hydrogens is 469 g/mol. The Balaban J connectivity index is 0.00000261. The predicted molar refractivity (Wildman–Crippen MR) is 121 cm³/mol. The molecule has 1 heterocycles. The van der Waals surface area contributed by atoms with Crippen LogP contribution < -0.4 is 4.90 Å². The largest absolute Gasteiger partial charge is 0.309 e. The molecule has 0 saturated carbocycles. The van der Waals surface area contributed by atoms with Gasteiger partial charge in [0.15, 0.2) is 5.13 Å². The number of nitrogens with zero attached hydrogens (tertiary/aromatic N) is 3. The summed E-state index contributed by atoms with van der Waals surface area (Å²) in [5.41, 5.74) is 1.50. The van der Waals surface area contributed by atoms with Crippen LogP contribution >= 0.6 is 51.3 Å². The summed E-state index contributed by atoms with van der Waals surface area (Å²) in [6.45, 7) is 1.51. The van der Waals surface area contributed by atoms with Crippen LogP contribution in [-0.4, -0.2) is 43.0 Å². The topological polar surface area (TPSA) is 36.4 Å². The molecule has 0 aliphatic heterocycles. The SMILES string of the molecule is CN(C)CCCN(C(=O)c1cccc(Br)c1)c1nc2ccc(Cl)cc2s1.Cl. The average Bonchev–Trinajstić information content (AvgIpc) is 3.00. The van der Waals surface area contributed by atoms with Crippen molar-refractivity contribution in [3.05, 3.63) is 57.5 Å². The molecule has 2 aromatic carbocycles. The molecule has 0 aliphatic rings. The number of fused-ring (bicyclic) bond motifs is 1. The van der Waals surface area contributed by atoms with Gasteiger partial charge >= 0.3 is 0 Å². The normalized spacial score (nSPS) is 10.9. The van der Waals surface area contributed by atoms with Crippen LogP contribution in [0, 0.1) is 0 Å². The van der Waals surface area contributed by atoms with Gasteiger partial charge in [0.25, 0.3) is 5.91 Å². The number of benzene rings is 2. The molecule has 4 nitrogen and oxygen atoms in total. The lowest BCUT2D eigenvalue weighted by molar-refractivity contribution is 0.0986. The van der Waals surface area contributed by atoms with E-state index in [1.165, 1.54) is 11.3 Å². The smallest absolute Gasteiger partial charge is 0.260 e. The van der Waals surface area contributed by atoms with Crippen LogP contribution in [0.15, 0.2) is 46.9 Å². The fraction of sp³-hybridized carbons (Fsp3) is 0.263. The van der Waals surface area contributed by atoms with Gasteiger partial charge in [0.1, 0.15) is 0 Å². The maximum atomic E-state index is 13.1. The van der Waals surface area contributed by atoms with Crippen molar-refractivity contribution in [3.8, 4) is 0 Å². The van der Waals surface area contributed by atoms with Gasteiger partial charge < -0.3 is 4.90 Å². The zero-order valence-electron chi connectivity index (χ0n) is 15.0. The molecule has 3 aromatic rings. The lowest BCUT2D eigenvalue weighted by Crippen LogP contribution is -2.33. The molecule has 0 spiro atoms. The number of hydrogen-bond donors (Lipinski definition) is 0. The summed E-state index contributed by atoms with van der Waals surface area (Å²) < 4.78 is 1.86. The molecule has 0 radical (unpaired) electrons. The lowest BCUT2D eigenvalue weighted by atomic mass is 10.2. The van der Waals surface area contributed by atoms with Gasteiger partial charge in [-0.05, 0) is 63.5 Å². The monoisotopic (exact) mass is 487 g/mol. The van der Waals surface area contributed by atoms with Crippen molar-refractivity contribution >= 4 is 72.5 Å². The van der Waals surface area contributed by atoms with Gasteiger partial charge in [-0.25, -0.2) is 4.98 Å². The van der Waals surface area contributed by atoms with Gasteiger partial charge in [-0.3, -0.25) is 9.69 Å². The Labute approximate surface area is 182 Å². The second-order valence-corrected chi connectivity index (χ2v) is 8.59. The summed E-state index contributed by atoms with van der Waals surface area (Å²) in [6, 6.07) is 13.0. The van der Waals surface area contributed by atoms with Crippen LogP contribution in [0.5, 0.6) is 0 Å². The number of carbonyl (C=O) groups excluding carboxylic acids is 1. The van der Waals surface area contributed by atoms with Crippen molar-refractivity contribution in [1.29, 1.82) is 0 Å². The van der Waals surface area contributed by atoms with Gasteiger partial charge in [0.05, 0.1) is 10.2 Å². The molecule has 1 amide bonds. The fourth-order valence-electron chi connectivity index (χ4n) is 2.61. The summed E-state index contributed by atoms with van der Waals surface area (Å²) >= 11 is 11.0. The number of aromatic nitrogens is 1. The van der Waals surface area contributed by atoms with Gasteiger partial charge in [-0.1, -0.05) is 44.9 Å². The average molecular weight is 489 g/mol. The van der Waals surface area contributed by atoms with Crippen molar-refractivity contribution in [1.82, 2.24) is 9.88 Å². The standard InChI is InChI=1S/C19H19BrClN3OS.ClH/c1-23(2)9-4-10-24(18(25)13-5-3-6-14(20)11-13)19-22-16-8-7-15(21)12-17(16)26-19;/h3,5-8,11-12H,4,9-10H2,1-2H3;1H. The highest BCUT2D eigenvalue weighted by Gasteiger charge is 2.21. The first-order valence-electron chi connectivity index (χ1n) is 8.22. The number of thiazole rings is 1. The summed E-state index contributed by atoms with van der Waals surface area (Å²) in [5, 5.41) is 1.37. The van der Waals surface area contributed by atoms with Gasteiger partial charge in [-0.15, -0.1) is 12.4 Å². The first kappa shape index (κ1) is 22.1. The van der Waals surface area contributed by atoms with Gasteiger partial charge in [0.2, 0.25) is 0 Å². The molecule has 0 aliphatic carbocycles. The highest BCUT2D eigenvalue weighted by atomic mass is 79.9. The molecule has 27 heavy (non-hydrogen) atoms. The molecule has 0 N–H and O–H groups in total. The van der Waals surface area contributed by atoms with Crippen LogP contribution in [-0.2, 0) is 0 Å². The highest BCUT2D eigenvalue weighted by Crippen LogP contribution is 2.31. The van der Waals surface area contributed by atoms with Crippen molar-refractivity contribution in [2.45, 2.75) is 6.42 Å². The maximum Gasteiger partial charge on any atom is 0.260 e. The molecule has 144 valence electrons. The number of anilines is 1. The van der Waals surface area contributed by atoms with E-state index in [1.807, 2.05) is 56.6 Å². The Bertz CT molecular complexity index is 932. The van der Waals surface area contributed by atoms with Crippen molar-refractivity contribution < 1.29 is 4.79 Å². The third kappa shape index (κ3) is 5.65. The summed E-state index contributed by atoms with van der Waals surface area (Å²) in [4.78, 5) is 21.7. The van der Waals surface area contributed by atoms with Crippen LogP contribution in [0.3, 0.4) is 0 Å². The molecule has 1 aromatic heterocycles. The first-order chi connectivity index (χ1) is 12.4. The van der Waals surface area contributed by atoms with E-state index < -0.39 is 0 Å². The highest BCUT2D eigenvalue weighted by molar-refractivity contribution is 9.10. The van der Waals surface area contributed by atoms with Crippen LogP contribution in [0.2, 0.25) is 5.02 Å². The number of halogens is 3. The van der Waals surface area contributed by atoms with Crippen LogP contribution in [0.25, 0.3) is 10.2 Å². The summed E-state index contributed by atoms with van der Waals surface area (Å²) in [5.74, 6) is -0.0461. The summed E-state index contributed by atoms with van der Waals surface area (Å²) in [6.07, 6.45) is 0.865. The van der Waals surface area contributed by atoms with Crippen molar-refractivity contribution in [3.63, 3.8) is 0 Å². The third-order valence-corrected chi connectivity index (χ3v) is 5.64. The number of carbonyl (C=O) groups is 1. The minimum atomic E-state index is -0.0461. The van der Waals surface area contributed by atoms with E-state index in [0.717, 1.165) is 27.7 Å². The molecular formula is C19H20BrCl2N3OS. The van der Waals surface area contributed by atoms with E-state index >= 15 is 0 Å². The zero-order chi connectivity index (χ0) is 18.7. The summed E-state index contributed by atoms with van der Waals surface area (Å²) in [7, 11) is 4.06. The second kappa shape index (κ2) is 9.85. The molecule has 0 fully saturated rings. The van der Waals surface area contributed by atoms with E-state index in [9.17, 15) is 4.79 Å². The Morgan fingerprint density at radius 2 is 1.96 bits per heavy atom. The Hall–Kier alpha value is -1.18. The van der Waals surface area contributed by atoms with Crippen LogP contribution in [0.1, 0.15) is 16.8 Å². The molecule has 3 rings (SSSR count). The first-order valence-corrected chi connectivity index (χ1v) is 10.2. The van der Waals surface area contributed by atoms with E-state index in [1.54, 1.807) is 4.90 Å². The van der Waals surface area contributed by atoms with Crippen molar-refractivity contribution in [2.75, 3.05) is 32.1 Å². The van der Waals surface area contributed by atoms with E-state index in [2.05, 4.69) is 25.8 Å². The Kier molecular flexibility index (Phi) is 8.06. The van der Waals surface area contributed by atoms with E-state index in [0.29, 0.717) is 22.3 Å². The zero-order valence-corrected chi connectivity index (χ0v) is 19.0. The molecule has 0 atom stereocenters. The second-order valence-electron chi connectivity index (χ2n) is 6.23. The third-order valence-electron chi connectivity index (χ3n) is 3.87. The van der Waals surface area contributed by atoms with E-state index in [4.69, 9.17) is 11.6 Å². The molecule has 8 heteroatoms. The maximum absolute atomic E-state index is 13.1. The van der Waals surface area contributed by atoms with Crippen molar-refractivity contribution in [2.24, 2.45) is 0 Å². The van der Waals surface area contributed by atoms with Crippen LogP contribution in [0.4, 0.5) is 5.13 Å². The van der Waals surface area contributed by atoms with Gasteiger partial charge in [0, 0.05) is 21.6 Å². The number of hydrogen-bond acceptors (Lipinski definition) is 4. The minimum absolute atomic E-state index is 0. The Morgan fingerprint density at radius 3 is 2.67 bits per heavy atom. The lowest BCUT2D eigenvalue weighted by Gasteiger charge is -2.21. The predicted octanol–water partition coefficient (Wildman–Crippen LogP) is 5.73. The fourth-order valence-corrected chi connectivity index (χ4v) is 4.27. The van der Waals surface area contributed by atoms with E-state index in [-0.39, 0.29) is 18.3 Å². The minimum Gasteiger partial charge on any atom is -0.309 e. The molecule has 0 bridgehead atoms. The quantitative estimate of drug-likeness (QED) is 0.444. The molecule has 0 saturated heterocycles.